The molecule has 2 aromatic carbocycles. The summed E-state index contributed by atoms with van der Waals surface area (Å²) in [6.45, 7) is 1.99. The number of nitro groups is 1. The molecule has 0 bridgehead atoms. The van der Waals surface area contributed by atoms with Gasteiger partial charge in [0, 0.05) is 12.7 Å². The van der Waals surface area contributed by atoms with Crippen LogP contribution in [-0.4, -0.2) is 12.0 Å². The third-order valence-corrected chi connectivity index (χ3v) is 3.24. The number of nitro benzene ring substituents is 1. The summed E-state index contributed by atoms with van der Waals surface area (Å²) < 4.78 is 0. The largest absolute Gasteiger partial charge is 0.339 e. The van der Waals surface area contributed by atoms with Crippen LogP contribution in [0.15, 0.2) is 42.5 Å². The Balaban J connectivity index is 2.49. The minimum atomic E-state index is -0.456. The Labute approximate surface area is 116 Å². The van der Waals surface area contributed by atoms with Crippen LogP contribution in [0.1, 0.15) is 5.56 Å². The molecule has 2 rings (SSSR count). The molecule has 4 nitrogen and oxygen atoms in total. The summed E-state index contributed by atoms with van der Waals surface area (Å²) in [7, 11) is 1.78. The summed E-state index contributed by atoms with van der Waals surface area (Å²) in [6, 6.07) is 12.7. The van der Waals surface area contributed by atoms with Gasteiger partial charge < -0.3 is 4.90 Å². The molecule has 0 saturated heterocycles. The molecular formula is C14H13ClN2O2. The maximum absolute atomic E-state index is 11.1. The molecule has 0 N–H and O–H groups in total. The van der Waals surface area contributed by atoms with Gasteiger partial charge in [-0.05, 0) is 31.2 Å². The van der Waals surface area contributed by atoms with E-state index in [1.807, 2.05) is 31.2 Å². The van der Waals surface area contributed by atoms with Gasteiger partial charge in [0.25, 0.3) is 0 Å². The minimum absolute atomic E-state index is 0.0766. The molecule has 19 heavy (non-hydrogen) atoms. The van der Waals surface area contributed by atoms with E-state index in [0.29, 0.717) is 5.69 Å². The first-order valence-corrected chi connectivity index (χ1v) is 6.12. The van der Waals surface area contributed by atoms with Crippen LogP contribution in [0.4, 0.5) is 17.1 Å². The quantitative estimate of drug-likeness (QED) is 0.619. The summed E-state index contributed by atoms with van der Waals surface area (Å²) in [6.07, 6.45) is 0. The molecule has 0 spiro atoms. The van der Waals surface area contributed by atoms with Gasteiger partial charge in [0.05, 0.1) is 4.92 Å². The van der Waals surface area contributed by atoms with E-state index in [-0.39, 0.29) is 10.7 Å². The van der Waals surface area contributed by atoms with E-state index >= 15 is 0 Å². The lowest BCUT2D eigenvalue weighted by atomic mass is 10.2. The molecule has 0 aliphatic carbocycles. The number of para-hydroxylation sites is 1. The summed E-state index contributed by atoms with van der Waals surface area (Å²) in [5, 5.41) is 11.3. The number of hydrogen-bond donors (Lipinski definition) is 0. The highest BCUT2D eigenvalue weighted by Gasteiger charge is 2.21. The molecule has 98 valence electrons. The summed E-state index contributed by atoms with van der Waals surface area (Å²) in [4.78, 5) is 12.4. The standard InChI is InChI=1S/C14H13ClN2O2/c1-10-6-8-11(9-7-10)16(2)13-5-3-4-12(15)14(13)17(18)19/h3-9H,1-2H3. The van der Waals surface area contributed by atoms with Crippen molar-refractivity contribution in [2.75, 3.05) is 11.9 Å². The first-order chi connectivity index (χ1) is 9.00. The first kappa shape index (κ1) is 13.4. The topological polar surface area (TPSA) is 46.4 Å². The van der Waals surface area contributed by atoms with Gasteiger partial charge in [-0.1, -0.05) is 35.4 Å². The van der Waals surface area contributed by atoms with Crippen molar-refractivity contribution in [3.8, 4) is 0 Å². The minimum Gasteiger partial charge on any atom is -0.339 e. The van der Waals surface area contributed by atoms with Crippen LogP contribution in [0.5, 0.6) is 0 Å². The fraction of sp³-hybridized carbons (Fsp3) is 0.143. The fourth-order valence-corrected chi connectivity index (χ4v) is 2.10. The molecule has 0 saturated carbocycles. The normalized spacial score (nSPS) is 10.3. The molecule has 0 aliphatic heterocycles. The third-order valence-electron chi connectivity index (χ3n) is 2.93. The Bertz CT molecular complexity index is 611. The van der Waals surface area contributed by atoms with Crippen LogP contribution in [0, 0.1) is 17.0 Å². The van der Waals surface area contributed by atoms with Gasteiger partial charge in [0.1, 0.15) is 10.7 Å². The van der Waals surface area contributed by atoms with Crippen molar-refractivity contribution in [1.82, 2.24) is 0 Å². The fourth-order valence-electron chi connectivity index (χ4n) is 1.86. The summed E-state index contributed by atoms with van der Waals surface area (Å²) in [5.74, 6) is 0. The number of aryl methyl sites for hydroxylation is 1. The van der Waals surface area contributed by atoms with E-state index in [4.69, 9.17) is 11.6 Å². The average molecular weight is 277 g/mol. The highest BCUT2D eigenvalue weighted by Crippen LogP contribution is 2.37. The van der Waals surface area contributed by atoms with Gasteiger partial charge in [-0.15, -0.1) is 0 Å². The van der Waals surface area contributed by atoms with Crippen molar-refractivity contribution in [1.29, 1.82) is 0 Å². The zero-order valence-corrected chi connectivity index (χ0v) is 11.4. The summed E-state index contributed by atoms with van der Waals surface area (Å²) in [5.41, 5.74) is 2.40. The molecular weight excluding hydrogens is 264 g/mol. The van der Waals surface area contributed by atoms with Crippen LogP contribution < -0.4 is 4.90 Å². The molecule has 0 fully saturated rings. The number of benzene rings is 2. The Hall–Kier alpha value is -2.07. The number of nitrogens with zero attached hydrogens (tertiary/aromatic N) is 2. The molecule has 0 atom stereocenters. The highest BCUT2D eigenvalue weighted by atomic mass is 35.5. The lowest BCUT2D eigenvalue weighted by Crippen LogP contribution is -2.11. The molecule has 2 aromatic rings. The Morgan fingerprint density at radius 1 is 1.16 bits per heavy atom. The predicted molar refractivity (Wildman–Crippen MR) is 77.3 cm³/mol. The van der Waals surface area contributed by atoms with Crippen molar-refractivity contribution < 1.29 is 4.92 Å². The summed E-state index contributed by atoms with van der Waals surface area (Å²) >= 11 is 5.91. The molecule has 0 aliphatic rings. The zero-order chi connectivity index (χ0) is 14.0. The van der Waals surface area contributed by atoms with Crippen molar-refractivity contribution in [3.05, 3.63) is 63.2 Å². The van der Waals surface area contributed by atoms with Gasteiger partial charge >= 0.3 is 5.69 Å². The van der Waals surface area contributed by atoms with E-state index in [2.05, 4.69) is 0 Å². The zero-order valence-electron chi connectivity index (χ0n) is 10.6. The number of rotatable bonds is 3. The second-order valence-electron chi connectivity index (χ2n) is 4.26. The molecule has 0 radical (unpaired) electrons. The molecule has 0 unspecified atom stereocenters. The monoisotopic (exact) mass is 276 g/mol. The van der Waals surface area contributed by atoms with Gasteiger partial charge in [-0.3, -0.25) is 10.1 Å². The van der Waals surface area contributed by atoms with Gasteiger partial charge in [0.15, 0.2) is 0 Å². The van der Waals surface area contributed by atoms with Crippen molar-refractivity contribution in [2.45, 2.75) is 6.92 Å². The lowest BCUT2D eigenvalue weighted by Gasteiger charge is -2.19. The van der Waals surface area contributed by atoms with Crippen LogP contribution >= 0.6 is 11.6 Å². The van der Waals surface area contributed by atoms with Gasteiger partial charge in [-0.2, -0.15) is 0 Å². The Kier molecular flexibility index (Phi) is 3.71. The van der Waals surface area contributed by atoms with E-state index < -0.39 is 4.92 Å². The van der Waals surface area contributed by atoms with Crippen molar-refractivity contribution >= 4 is 28.7 Å². The maximum Gasteiger partial charge on any atom is 0.311 e. The smallest absolute Gasteiger partial charge is 0.311 e. The predicted octanol–water partition coefficient (Wildman–Crippen LogP) is 4.32. The molecule has 5 heteroatoms. The number of hydrogen-bond acceptors (Lipinski definition) is 3. The Morgan fingerprint density at radius 2 is 1.79 bits per heavy atom. The number of anilines is 2. The maximum atomic E-state index is 11.1. The SMILES string of the molecule is Cc1ccc(N(C)c2cccc(Cl)c2[N+](=O)[O-])cc1. The Morgan fingerprint density at radius 3 is 2.37 bits per heavy atom. The first-order valence-electron chi connectivity index (χ1n) is 5.74. The lowest BCUT2D eigenvalue weighted by molar-refractivity contribution is -0.383. The van der Waals surface area contributed by atoms with Gasteiger partial charge in [-0.25, -0.2) is 0 Å². The molecule has 0 heterocycles. The second kappa shape index (κ2) is 5.28. The second-order valence-corrected chi connectivity index (χ2v) is 4.67. The highest BCUT2D eigenvalue weighted by molar-refractivity contribution is 6.33. The average Bonchev–Trinajstić information content (AvgIpc) is 2.38. The van der Waals surface area contributed by atoms with Crippen LogP contribution in [-0.2, 0) is 0 Å². The van der Waals surface area contributed by atoms with Crippen LogP contribution in [0.2, 0.25) is 5.02 Å². The van der Waals surface area contributed by atoms with E-state index in [1.54, 1.807) is 24.1 Å². The third kappa shape index (κ3) is 2.69. The number of halogens is 1. The van der Waals surface area contributed by atoms with E-state index in [9.17, 15) is 10.1 Å². The van der Waals surface area contributed by atoms with Crippen molar-refractivity contribution in [2.24, 2.45) is 0 Å². The van der Waals surface area contributed by atoms with E-state index in [0.717, 1.165) is 11.3 Å². The van der Waals surface area contributed by atoms with Crippen LogP contribution in [0.25, 0.3) is 0 Å². The van der Waals surface area contributed by atoms with Crippen LogP contribution in [0.3, 0.4) is 0 Å². The molecule has 0 amide bonds. The van der Waals surface area contributed by atoms with Crippen molar-refractivity contribution in [3.63, 3.8) is 0 Å². The molecule has 0 aromatic heterocycles. The van der Waals surface area contributed by atoms with E-state index in [1.165, 1.54) is 6.07 Å². The van der Waals surface area contributed by atoms with Gasteiger partial charge in [0.2, 0.25) is 0 Å².